The van der Waals surface area contributed by atoms with E-state index in [1.807, 2.05) is 37.6 Å². The van der Waals surface area contributed by atoms with E-state index in [1.54, 1.807) is 18.4 Å². The maximum absolute atomic E-state index is 13.6. The zero-order valence-electron chi connectivity index (χ0n) is 23.7. The number of aromatic nitrogens is 1. The van der Waals surface area contributed by atoms with Crippen molar-refractivity contribution in [3.05, 3.63) is 50.3 Å². The first-order valence-corrected chi connectivity index (χ1v) is 16.1. The van der Waals surface area contributed by atoms with Crippen molar-refractivity contribution in [2.45, 2.75) is 75.8 Å². The zero-order valence-corrected chi connectivity index (χ0v) is 25.4. The third-order valence-corrected chi connectivity index (χ3v) is 10.7. The Morgan fingerprint density at radius 3 is 2.65 bits per heavy atom. The summed E-state index contributed by atoms with van der Waals surface area (Å²) in [6, 6.07) is 4.51. The highest BCUT2D eigenvalue weighted by atomic mass is 32.2. The van der Waals surface area contributed by atoms with Gasteiger partial charge in [0.15, 0.2) is 11.5 Å². The summed E-state index contributed by atoms with van der Waals surface area (Å²) in [6.45, 7) is 8.04. The molecular formula is C30H37N3O5S2. The molecule has 1 saturated carbocycles. The van der Waals surface area contributed by atoms with Crippen molar-refractivity contribution in [3.8, 4) is 11.5 Å². The lowest BCUT2D eigenvalue weighted by Gasteiger charge is -2.47. The van der Waals surface area contributed by atoms with Gasteiger partial charge in [0.05, 0.1) is 16.4 Å². The number of rotatable bonds is 7. The van der Waals surface area contributed by atoms with Crippen LogP contribution < -0.4 is 20.3 Å². The van der Waals surface area contributed by atoms with Crippen molar-refractivity contribution < 1.29 is 19.0 Å². The van der Waals surface area contributed by atoms with E-state index in [-0.39, 0.29) is 23.9 Å². The summed E-state index contributed by atoms with van der Waals surface area (Å²) in [7, 11) is 1.79. The van der Waals surface area contributed by atoms with Crippen molar-refractivity contribution in [2.24, 2.45) is 5.92 Å². The van der Waals surface area contributed by atoms with Crippen molar-refractivity contribution in [3.63, 3.8) is 0 Å². The van der Waals surface area contributed by atoms with E-state index in [4.69, 9.17) is 14.2 Å². The van der Waals surface area contributed by atoms with Gasteiger partial charge in [0.25, 0.3) is 17.3 Å². The van der Waals surface area contributed by atoms with Crippen molar-refractivity contribution in [2.75, 3.05) is 26.5 Å². The number of methoxy groups -OCH3 is 1. The van der Waals surface area contributed by atoms with Crippen LogP contribution in [0.4, 0.5) is 0 Å². The molecule has 0 radical (unpaired) electrons. The maximum atomic E-state index is 13.6. The Morgan fingerprint density at radius 1 is 1.23 bits per heavy atom. The van der Waals surface area contributed by atoms with E-state index in [0.29, 0.717) is 29.0 Å². The van der Waals surface area contributed by atoms with Gasteiger partial charge in [0.1, 0.15) is 0 Å². The van der Waals surface area contributed by atoms with Crippen LogP contribution in [0.15, 0.2) is 27.2 Å². The monoisotopic (exact) mass is 583 g/mol. The number of carbonyl (C=O) groups is 1. The van der Waals surface area contributed by atoms with Crippen LogP contribution >= 0.6 is 23.1 Å². The summed E-state index contributed by atoms with van der Waals surface area (Å²) in [5, 5.41) is 5.84. The fourth-order valence-electron chi connectivity index (χ4n) is 6.55. The van der Waals surface area contributed by atoms with Crippen LogP contribution in [-0.4, -0.2) is 60.2 Å². The maximum Gasteiger partial charge on any atom is 0.254 e. The molecule has 1 unspecified atom stereocenters. The number of hydrogen-bond acceptors (Lipinski definition) is 8. The lowest BCUT2D eigenvalue weighted by molar-refractivity contribution is -0.129. The Kier molecular flexibility index (Phi) is 7.39. The van der Waals surface area contributed by atoms with E-state index >= 15 is 0 Å². The molecule has 10 heteroatoms. The largest absolute Gasteiger partial charge is 0.448 e. The highest BCUT2D eigenvalue weighted by molar-refractivity contribution is 7.98. The van der Waals surface area contributed by atoms with Crippen LogP contribution in [0.5, 0.6) is 11.5 Å². The second kappa shape index (κ2) is 10.7. The molecule has 2 fully saturated rings. The minimum atomic E-state index is -0.767. The Hall–Kier alpha value is -2.53. The Bertz CT molecular complexity index is 1500. The number of aromatic amines is 1. The fourth-order valence-corrected chi connectivity index (χ4v) is 8.13. The molecule has 1 atom stereocenters. The van der Waals surface area contributed by atoms with Gasteiger partial charge >= 0.3 is 0 Å². The molecule has 3 aromatic rings. The summed E-state index contributed by atoms with van der Waals surface area (Å²) in [4.78, 5) is 32.5. The minimum absolute atomic E-state index is 0.146. The Morgan fingerprint density at radius 2 is 1.95 bits per heavy atom. The predicted molar refractivity (Wildman–Crippen MR) is 159 cm³/mol. The molecule has 6 rings (SSSR count). The van der Waals surface area contributed by atoms with Crippen LogP contribution in [0, 0.1) is 19.8 Å². The summed E-state index contributed by atoms with van der Waals surface area (Å²) in [5.41, 5.74) is 2.53. The number of ether oxygens (including phenoxy) is 3. The van der Waals surface area contributed by atoms with E-state index in [0.717, 1.165) is 70.8 Å². The third-order valence-electron chi connectivity index (χ3n) is 8.94. The number of likely N-dealkylation sites (tertiary alicyclic amines) is 1. The molecule has 1 aliphatic carbocycles. The molecule has 0 bridgehead atoms. The van der Waals surface area contributed by atoms with E-state index < -0.39 is 5.79 Å². The average Bonchev–Trinajstić information content (AvgIpc) is 3.53. The molecule has 8 nitrogen and oxygen atoms in total. The first-order chi connectivity index (χ1) is 19.2. The van der Waals surface area contributed by atoms with Crippen LogP contribution in [0.2, 0.25) is 0 Å². The van der Waals surface area contributed by atoms with E-state index in [9.17, 15) is 9.59 Å². The second-order valence-electron chi connectivity index (χ2n) is 11.4. The van der Waals surface area contributed by atoms with Crippen LogP contribution in [-0.2, 0) is 11.3 Å². The molecule has 0 spiro atoms. The summed E-state index contributed by atoms with van der Waals surface area (Å²) in [6.07, 6.45) is 6.62. The number of thioether (sulfide) groups is 1. The number of thiophene rings is 1. The van der Waals surface area contributed by atoms with Crippen LogP contribution in [0.3, 0.4) is 0 Å². The van der Waals surface area contributed by atoms with Crippen LogP contribution in [0.1, 0.15) is 59.8 Å². The SMILES string of the molecule is COC1CN(C2CCC(C3(C)Oc4c(C)c(C(=O)NCc5c(SC)cc(C)[nH]c5=O)c5ccsc5c4O3)CC2)C1. The Balaban J connectivity index is 1.21. The van der Waals surface area contributed by atoms with Crippen molar-refractivity contribution in [1.29, 1.82) is 0 Å². The second-order valence-corrected chi connectivity index (χ2v) is 13.1. The first kappa shape index (κ1) is 27.6. The molecule has 1 amide bonds. The molecule has 3 aliphatic rings. The number of hydrogen-bond donors (Lipinski definition) is 2. The number of fused-ring (bicyclic) bond motifs is 3. The number of benzene rings is 1. The van der Waals surface area contributed by atoms with E-state index in [1.165, 1.54) is 11.8 Å². The normalized spacial score (nSPS) is 24.8. The molecular weight excluding hydrogens is 546 g/mol. The number of nitrogens with one attached hydrogen (secondary N) is 2. The molecule has 2 aromatic heterocycles. The standard InChI is InChI=1S/C30H37N3O5S2/c1-16-12-23(39-5)22(28(34)32-16)13-31-29(35)24-17(2)25-26(27-21(24)10-11-40-27)38-30(3,37-25)18-6-8-19(9-7-18)33-14-20(15-33)36-4/h10-12,18-20H,6-9,13-15H2,1-5H3,(H,31,35)(H,32,34). The molecule has 214 valence electrons. The third kappa shape index (κ3) is 4.72. The number of pyridine rings is 1. The van der Waals surface area contributed by atoms with E-state index in [2.05, 4.69) is 22.1 Å². The predicted octanol–water partition coefficient (Wildman–Crippen LogP) is 5.24. The molecule has 40 heavy (non-hydrogen) atoms. The lowest BCUT2D eigenvalue weighted by atomic mass is 9.80. The van der Waals surface area contributed by atoms with Gasteiger partial charge in [0, 0.05) is 72.7 Å². The number of amides is 1. The lowest BCUT2D eigenvalue weighted by Crippen LogP contribution is -2.57. The topological polar surface area (TPSA) is 92.9 Å². The zero-order chi connectivity index (χ0) is 28.2. The molecule has 2 N–H and O–H groups in total. The van der Waals surface area contributed by atoms with Gasteiger partial charge in [-0.3, -0.25) is 14.5 Å². The number of nitrogens with zero attached hydrogens (tertiary/aromatic N) is 1. The highest BCUT2D eigenvalue weighted by Crippen LogP contribution is 2.53. The summed E-state index contributed by atoms with van der Waals surface area (Å²) >= 11 is 3.06. The van der Waals surface area contributed by atoms with Crippen LogP contribution in [0.25, 0.3) is 10.1 Å². The summed E-state index contributed by atoms with van der Waals surface area (Å²) < 4.78 is 19.7. The molecule has 1 saturated heterocycles. The van der Waals surface area contributed by atoms with Gasteiger partial charge < -0.3 is 24.5 Å². The van der Waals surface area contributed by atoms with Gasteiger partial charge in [-0.1, -0.05) is 0 Å². The summed E-state index contributed by atoms with van der Waals surface area (Å²) in [5.74, 6) is 0.677. The molecule has 2 aliphatic heterocycles. The average molecular weight is 584 g/mol. The number of carbonyl (C=O) groups excluding carboxylic acids is 1. The first-order valence-electron chi connectivity index (χ1n) is 14.0. The fraction of sp³-hybridized carbons (Fsp3) is 0.533. The number of H-pyrrole nitrogens is 1. The van der Waals surface area contributed by atoms with Gasteiger partial charge in [-0.15, -0.1) is 23.1 Å². The van der Waals surface area contributed by atoms with Gasteiger partial charge in [-0.05, 0) is 63.3 Å². The number of aryl methyl sites for hydroxylation is 1. The van der Waals surface area contributed by atoms with Gasteiger partial charge in [0.2, 0.25) is 0 Å². The molecule has 1 aromatic carbocycles. The Labute approximate surface area is 242 Å². The van der Waals surface area contributed by atoms with Gasteiger partial charge in [-0.2, -0.15) is 0 Å². The highest BCUT2D eigenvalue weighted by Gasteiger charge is 2.48. The van der Waals surface area contributed by atoms with Gasteiger partial charge in [-0.25, -0.2) is 0 Å². The van der Waals surface area contributed by atoms with Crippen molar-refractivity contribution >= 4 is 39.1 Å². The molecule has 4 heterocycles. The minimum Gasteiger partial charge on any atom is -0.448 e. The quantitative estimate of drug-likeness (QED) is 0.368. The van der Waals surface area contributed by atoms with Crippen molar-refractivity contribution in [1.82, 2.24) is 15.2 Å². The smallest absolute Gasteiger partial charge is 0.254 e.